The highest BCUT2D eigenvalue weighted by Gasteiger charge is 2.42. The van der Waals surface area contributed by atoms with Crippen molar-refractivity contribution in [1.29, 1.82) is 0 Å². The van der Waals surface area contributed by atoms with Crippen LogP contribution in [-0.4, -0.2) is 40.8 Å². The molecule has 1 aliphatic rings. The van der Waals surface area contributed by atoms with E-state index in [0.29, 0.717) is 30.3 Å². The molecule has 31 heavy (non-hydrogen) atoms. The van der Waals surface area contributed by atoms with E-state index in [0.717, 1.165) is 30.4 Å². The van der Waals surface area contributed by atoms with Gasteiger partial charge in [-0.3, -0.25) is 4.79 Å². The quantitative estimate of drug-likeness (QED) is 0.528. The van der Waals surface area contributed by atoms with Gasteiger partial charge >= 0.3 is 5.97 Å². The van der Waals surface area contributed by atoms with Gasteiger partial charge in [0.25, 0.3) is 0 Å². The molecule has 6 nitrogen and oxygen atoms in total. The highest BCUT2D eigenvalue weighted by atomic mass is 32.2. The topological polar surface area (TPSA) is 76.1 Å². The van der Waals surface area contributed by atoms with Crippen LogP contribution in [0, 0.1) is 0 Å². The maximum Gasteiger partial charge on any atom is 0.327 e. The van der Waals surface area contributed by atoms with Crippen LogP contribution in [0.5, 0.6) is 11.5 Å². The average Bonchev–Trinajstić information content (AvgIpc) is 3.24. The number of methoxy groups -OCH3 is 1. The predicted octanol–water partition coefficient (Wildman–Crippen LogP) is 4.88. The molecule has 0 aliphatic carbocycles. The van der Waals surface area contributed by atoms with Crippen molar-refractivity contribution >= 4 is 23.6 Å². The first kappa shape index (κ1) is 23.0. The summed E-state index contributed by atoms with van der Waals surface area (Å²) in [6.45, 7) is 2.49. The lowest BCUT2D eigenvalue weighted by atomic mass is 10.1. The zero-order valence-electron chi connectivity index (χ0n) is 18.0. The minimum Gasteiger partial charge on any atom is -0.493 e. The molecule has 2 aromatic rings. The molecule has 1 amide bonds. The smallest absolute Gasteiger partial charge is 0.327 e. The number of aliphatic carboxylic acids is 1. The SMILES string of the molecule is CCCCCC(=O)N1C(C(=O)O)CSC1c1ccc(OCc2ccccc2)c(OC)c1. The normalized spacial score (nSPS) is 18.1. The standard InChI is InChI=1S/C24H29NO5S/c1-3-4-6-11-22(26)25-19(24(27)28)16-31-23(25)18-12-13-20(21(14-18)29-2)30-15-17-9-7-5-8-10-17/h5,7-10,12-14,19,23H,3-4,6,11,15-16H2,1-2H3,(H,27,28). The Bertz CT molecular complexity index is 889. The van der Waals surface area contributed by atoms with E-state index in [-0.39, 0.29) is 11.3 Å². The first-order valence-corrected chi connectivity index (χ1v) is 11.6. The van der Waals surface area contributed by atoms with Gasteiger partial charge in [0.15, 0.2) is 11.5 Å². The van der Waals surface area contributed by atoms with Crippen molar-refractivity contribution in [2.24, 2.45) is 0 Å². The number of amides is 1. The summed E-state index contributed by atoms with van der Waals surface area (Å²) in [4.78, 5) is 26.2. The fourth-order valence-electron chi connectivity index (χ4n) is 3.61. The summed E-state index contributed by atoms with van der Waals surface area (Å²) in [6, 6.07) is 14.6. The molecule has 3 rings (SSSR count). The first-order valence-electron chi connectivity index (χ1n) is 10.5. The van der Waals surface area contributed by atoms with E-state index in [9.17, 15) is 14.7 Å². The number of hydrogen-bond acceptors (Lipinski definition) is 5. The Kier molecular flexibility index (Phi) is 8.23. The van der Waals surface area contributed by atoms with Gasteiger partial charge in [0, 0.05) is 12.2 Å². The fourth-order valence-corrected chi connectivity index (χ4v) is 5.04. The largest absolute Gasteiger partial charge is 0.493 e. The van der Waals surface area contributed by atoms with Gasteiger partial charge in [-0.05, 0) is 29.7 Å². The monoisotopic (exact) mass is 443 g/mol. The van der Waals surface area contributed by atoms with Crippen LogP contribution < -0.4 is 9.47 Å². The Morgan fingerprint density at radius 2 is 1.90 bits per heavy atom. The highest BCUT2D eigenvalue weighted by molar-refractivity contribution is 7.99. The van der Waals surface area contributed by atoms with E-state index in [1.807, 2.05) is 48.5 Å². The van der Waals surface area contributed by atoms with Crippen molar-refractivity contribution in [2.45, 2.75) is 50.6 Å². The molecule has 1 saturated heterocycles. The molecule has 0 saturated carbocycles. The van der Waals surface area contributed by atoms with Crippen LogP contribution in [-0.2, 0) is 16.2 Å². The summed E-state index contributed by atoms with van der Waals surface area (Å²) in [5.74, 6) is 0.460. The molecule has 2 unspecified atom stereocenters. The molecule has 1 aliphatic heterocycles. The molecule has 1 N–H and O–H groups in total. The van der Waals surface area contributed by atoms with Crippen LogP contribution in [0.25, 0.3) is 0 Å². The van der Waals surface area contributed by atoms with E-state index in [1.54, 1.807) is 7.11 Å². The number of carbonyl (C=O) groups excluding carboxylic acids is 1. The molecule has 1 heterocycles. The Labute approximate surface area is 187 Å². The molecular formula is C24H29NO5S. The van der Waals surface area contributed by atoms with E-state index >= 15 is 0 Å². The summed E-state index contributed by atoms with van der Waals surface area (Å²) in [7, 11) is 1.57. The second kappa shape index (κ2) is 11.1. The number of unbranched alkanes of at least 4 members (excludes halogenated alkanes) is 2. The first-order chi connectivity index (χ1) is 15.0. The summed E-state index contributed by atoms with van der Waals surface area (Å²) >= 11 is 1.47. The minimum absolute atomic E-state index is 0.112. The lowest BCUT2D eigenvalue weighted by Gasteiger charge is -2.28. The summed E-state index contributed by atoms with van der Waals surface area (Å²) in [6.07, 6.45) is 3.10. The van der Waals surface area contributed by atoms with E-state index in [1.165, 1.54) is 16.7 Å². The van der Waals surface area contributed by atoms with Gasteiger partial charge in [-0.2, -0.15) is 0 Å². The number of carbonyl (C=O) groups is 2. The number of hydrogen-bond donors (Lipinski definition) is 1. The maximum atomic E-state index is 12.9. The molecule has 2 atom stereocenters. The van der Waals surface area contributed by atoms with Gasteiger partial charge in [0.05, 0.1) is 7.11 Å². The van der Waals surface area contributed by atoms with Gasteiger partial charge in [0.2, 0.25) is 5.91 Å². The lowest BCUT2D eigenvalue weighted by molar-refractivity contribution is -0.149. The Balaban J connectivity index is 1.79. The van der Waals surface area contributed by atoms with Crippen LogP contribution in [0.2, 0.25) is 0 Å². The van der Waals surface area contributed by atoms with Gasteiger partial charge in [-0.25, -0.2) is 4.79 Å². The Morgan fingerprint density at radius 3 is 2.58 bits per heavy atom. The molecular weight excluding hydrogens is 414 g/mol. The van der Waals surface area contributed by atoms with Crippen LogP contribution in [0.1, 0.15) is 49.1 Å². The molecule has 0 spiro atoms. The van der Waals surface area contributed by atoms with Crippen molar-refractivity contribution in [1.82, 2.24) is 4.90 Å². The van der Waals surface area contributed by atoms with Crippen molar-refractivity contribution < 1.29 is 24.2 Å². The van der Waals surface area contributed by atoms with Crippen molar-refractivity contribution in [3.05, 3.63) is 59.7 Å². The third kappa shape index (κ3) is 5.73. The Hall–Kier alpha value is -2.67. The van der Waals surface area contributed by atoms with Crippen LogP contribution in [0.4, 0.5) is 0 Å². The maximum absolute atomic E-state index is 12.9. The van der Waals surface area contributed by atoms with E-state index < -0.39 is 12.0 Å². The molecule has 7 heteroatoms. The van der Waals surface area contributed by atoms with Crippen molar-refractivity contribution in [3.63, 3.8) is 0 Å². The number of thioether (sulfide) groups is 1. The highest BCUT2D eigenvalue weighted by Crippen LogP contribution is 2.44. The van der Waals surface area contributed by atoms with E-state index in [4.69, 9.17) is 9.47 Å². The number of nitrogens with zero attached hydrogens (tertiary/aromatic N) is 1. The van der Waals surface area contributed by atoms with Crippen LogP contribution in [0.3, 0.4) is 0 Å². The molecule has 0 bridgehead atoms. The summed E-state index contributed by atoms with van der Waals surface area (Å²) in [5.41, 5.74) is 1.88. The number of carboxylic acid groups (broad SMARTS) is 1. The van der Waals surface area contributed by atoms with Crippen molar-refractivity contribution in [2.75, 3.05) is 12.9 Å². The Morgan fingerprint density at radius 1 is 1.13 bits per heavy atom. The molecule has 0 aromatic heterocycles. The third-order valence-corrected chi connectivity index (χ3v) is 6.60. The average molecular weight is 444 g/mol. The third-order valence-electron chi connectivity index (χ3n) is 5.28. The van der Waals surface area contributed by atoms with Gasteiger partial charge in [0.1, 0.15) is 18.0 Å². The zero-order chi connectivity index (χ0) is 22.2. The predicted molar refractivity (Wildman–Crippen MR) is 121 cm³/mol. The van der Waals surface area contributed by atoms with Crippen LogP contribution >= 0.6 is 11.8 Å². The zero-order valence-corrected chi connectivity index (χ0v) is 18.8. The molecule has 0 radical (unpaired) electrons. The minimum atomic E-state index is -0.964. The van der Waals surface area contributed by atoms with Crippen molar-refractivity contribution in [3.8, 4) is 11.5 Å². The van der Waals surface area contributed by atoms with Gasteiger partial charge in [-0.15, -0.1) is 11.8 Å². The molecule has 1 fully saturated rings. The number of benzene rings is 2. The second-order valence-corrected chi connectivity index (χ2v) is 8.60. The van der Waals surface area contributed by atoms with Gasteiger partial charge in [-0.1, -0.05) is 56.2 Å². The van der Waals surface area contributed by atoms with E-state index in [2.05, 4.69) is 6.92 Å². The number of carboxylic acids is 1. The molecule has 166 valence electrons. The van der Waals surface area contributed by atoms with Gasteiger partial charge < -0.3 is 19.5 Å². The summed E-state index contributed by atoms with van der Waals surface area (Å²) in [5, 5.41) is 9.29. The lowest BCUT2D eigenvalue weighted by Crippen LogP contribution is -2.42. The van der Waals surface area contributed by atoms with Crippen LogP contribution in [0.15, 0.2) is 48.5 Å². The molecule has 2 aromatic carbocycles. The number of ether oxygens (including phenoxy) is 2. The fraction of sp³-hybridized carbons (Fsp3) is 0.417. The number of rotatable bonds is 10. The second-order valence-electron chi connectivity index (χ2n) is 7.48. The summed E-state index contributed by atoms with van der Waals surface area (Å²) < 4.78 is 11.5.